The Morgan fingerprint density at radius 2 is 1.35 bits per heavy atom. The quantitative estimate of drug-likeness (QED) is 0.0957. The van der Waals surface area contributed by atoms with Crippen LogP contribution in [0.5, 0.6) is 28.7 Å². The highest BCUT2D eigenvalue weighted by Gasteiger charge is 2.24. The summed E-state index contributed by atoms with van der Waals surface area (Å²) < 4.78 is 34.1. The number of carbonyl (C=O) groups excluding carboxylic acids is 1. The highest BCUT2D eigenvalue weighted by molar-refractivity contribution is 5.78. The molecule has 11 nitrogen and oxygen atoms in total. The lowest BCUT2D eigenvalue weighted by Gasteiger charge is -2.20. The largest absolute Gasteiger partial charge is 0.494 e. The molecular formula is C46H46N2O9. The van der Waals surface area contributed by atoms with Crippen molar-refractivity contribution in [2.75, 3.05) is 19.8 Å². The number of ether oxygens (including phenoxy) is 5. The van der Waals surface area contributed by atoms with Gasteiger partial charge in [0.25, 0.3) is 0 Å². The van der Waals surface area contributed by atoms with Crippen LogP contribution in [0.15, 0.2) is 138 Å². The van der Waals surface area contributed by atoms with Gasteiger partial charge in [0, 0.05) is 30.7 Å². The molecule has 0 aliphatic heterocycles. The molecule has 1 N–H and O–H groups in total. The first kappa shape index (κ1) is 39.9. The first-order chi connectivity index (χ1) is 27.8. The lowest BCUT2D eigenvalue weighted by molar-refractivity contribution is -0.138. The maximum Gasteiger partial charge on any atom is 0.416 e. The van der Waals surface area contributed by atoms with E-state index in [1.54, 1.807) is 48.5 Å². The summed E-state index contributed by atoms with van der Waals surface area (Å²) in [6, 6.07) is 41.5. The maximum absolute atomic E-state index is 12.9. The Morgan fingerprint density at radius 1 is 0.737 bits per heavy atom. The summed E-state index contributed by atoms with van der Waals surface area (Å²) in [5.74, 6) is 3.33. The van der Waals surface area contributed by atoms with Crippen molar-refractivity contribution < 1.29 is 42.8 Å². The van der Waals surface area contributed by atoms with Crippen molar-refractivity contribution in [3.63, 3.8) is 0 Å². The smallest absolute Gasteiger partial charge is 0.416 e. The van der Waals surface area contributed by atoms with E-state index < -0.39 is 18.6 Å². The van der Waals surface area contributed by atoms with Crippen molar-refractivity contribution in [2.45, 2.75) is 52.4 Å². The van der Waals surface area contributed by atoms with E-state index in [2.05, 4.69) is 4.98 Å². The number of hydrogen-bond acceptors (Lipinski definition) is 9. The van der Waals surface area contributed by atoms with E-state index in [1.165, 1.54) is 0 Å². The molecule has 5 aromatic carbocycles. The summed E-state index contributed by atoms with van der Waals surface area (Å²) in [4.78, 5) is 30.1. The number of hydrogen-bond donors (Lipinski definition) is 1. The molecule has 0 radical (unpaired) electrons. The molecule has 1 aliphatic carbocycles. The van der Waals surface area contributed by atoms with Crippen LogP contribution in [0.4, 0.5) is 4.79 Å². The number of amides is 1. The van der Waals surface area contributed by atoms with E-state index >= 15 is 0 Å². The summed E-state index contributed by atoms with van der Waals surface area (Å²) >= 11 is 0. The predicted octanol–water partition coefficient (Wildman–Crippen LogP) is 9.56. The minimum absolute atomic E-state index is 0.0312. The fraction of sp³-hybridized carbons (Fsp3) is 0.239. The van der Waals surface area contributed by atoms with Crippen LogP contribution in [-0.4, -0.2) is 52.9 Å². The van der Waals surface area contributed by atoms with Gasteiger partial charge >= 0.3 is 12.1 Å². The van der Waals surface area contributed by atoms with Gasteiger partial charge in [-0.3, -0.25) is 9.69 Å². The molecular weight excluding hydrogens is 725 g/mol. The normalized spacial score (nSPS) is 11.8. The number of carbonyl (C=O) groups is 2. The summed E-state index contributed by atoms with van der Waals surface area (Å²) in [5.41, 5.74) is 3.59. The minimum Gasteiger partial charge on any atom is -0.494 e. The zero-order valence-electron chi connectivity index (χ0n) is 32.0. The zero-order valence-corrected chi connectivity index (χ0v) is 32.0. The average Bonchev–Trinajstić information content (AvgIpc) is 3.96. The Balaban J connectivity index is 0.000000269. The van der Waals surface area contributed by atoms with Gasteiger partial charge in [0.2, 0.25) is 5.89 Å². The monoisotopic (exact) mass is 770 g/mol. The Kier molecular flexibility index (Phi) is 14.2. The van der Waals surface area contributed by atoms with Crippen molar-refractivity contribution in [1.29, 1.82) is 0 Å². The van der Waals surface area contributed by atoms with Crippen molar-refractivity contribution in [1.82, 2.24) is 9.88 Å². The fourth-order valence-electron chi connectivity index (χ4n) is 5.65. The van der Waals surface area contributed by atoms with Gasteiger partial charge in [0.1, 0.15) is 47.7 Å². The van der Waals surface area contributed by atoms with Gasteiger partial charge < -0.3 is 33.2 Å². The molecule has 7 rings (SSSR count). The Bertz CT molecular complexity index is 2190. The molecule has 1 aliphatic rings. The van der Waals surface area contributed by atoms with Gasteiger partial charge in [-0.15, -0.1) is 0 Å². The number of benzene rings is 5. The number of carboxylic acid groups (broad SMARTS) is 1. The van der Waals surface area contributed by atoms with Crippen LogP contribution in [0.25, 0.3) is 11.5 Å². The van der Waals surface area contributed by atoms with Crippen LogP contribution < -0.4 is 23.7 Å². The second-order valence-electron chi connectivity index (χ2n) is 13.2. The third-order valence-electron chi connectivity index (χ3n) is 8.58. The van der Waals surface area contributed by atoms with Crippen molar-refractivity contribution >= 4 is 12.1 Å². The molecule has 1 aromatic heterocycles. The van der Waals surface area contributed by atoms with E-state index in [0.29, 0.717) is 49.2 Å². The maximum atomic E-state index is 12.9. The lowest BCUT2D eigenvalue weighted by Crippen LogP contribution is -2.37. The Labute approximate surface area is 332 Å². The van der Waals surface area contributed by atoms with Crippen LogP contribution >= 0.6 is 0 Å². The molecule has 1 fully saturated rings. The number of aromatic nitrogens is 1. The zero-order chi connectivity index (χ0) is 39.8. The number of rotatable bonds is 17. The van der Waals surface area contributed by atoms with Gasteiger partial charge in [-0.25, -0.2) is 9.78 Å². The molecule has 6 aromatic rings. The van der Waals surface area contributed by atoms with Crippen molar-refractivity contribution in [3.8, 4) is 40.2 Å². The van der Waals surface area contributed by atoms with E-state index in [0.717, 1.165) is 51.8 Å². The molecule has 0 bridgehead atoms. The minimum atomic E-state index is -1.15. The standard InChI is InChI=1S/C31H30N2O7.C15H16O2/c1-21-28(32-30(38-21)23-8-3-2-4-9-23)15-16-37-25-10-5-7-22(17-25)19-33(20-29(34)35)31(36)40-27-12-6-11-26(18-27)39-24-13-14-24;1-2-16-14-9-6-10-15(11-14)17-12-13-7-4-3-5-8-13/h2-12,17-18,24H,13-16,19-20H2,1H3,(H,34,35);3-11H,2,12H2,1H3. The van der Waals surface area contributed by atoms with Crippen LogP contribution in [0.1, 0.15) is 42.3 Å². The topological polar surface area (TPSA) is 130 Å². The van der Waals surface area contributed by atoms with E-state index in [1.807, 2.05) is 98.8 Å². The molecule has 0 spiro atoms. The van der Waals surface area contributed by atoms with Crippen LogP contribution in [0.3, 0.4) is 0 Å². The summed E-state index contributed by atoms with van der Waals surface area (Å²) in [5, 5.41) is 9.40. The molecule has 11 heteroatoms. The fourth-order valence-corrected chi connectivity index (χ4v) is 5.65. The number of carboxylic acids is 1. The van der Waals surface area contributed by atoms with Crippen LogP contribution in [0.2, 0.25) is 0 Å². The van der Waals surface area contributed by atoms with Crippen LogP contribution in [0, 0.1) is 6.92 Å². The third-order valence-corrected chi connectivity index (χ3v) is 8.58. The molecule has 0 unspecified atom stereocenters. The predicted molar refractivity (Wildman–Crippen MR) is 215 cm³/mol. The number of aliphatic carboxylic acids is 1. The highest BCUT2D eigenvalue weighted by Crippen LogP contribution is 2.29. The van der Waals surface area contributed by atoms with Gasteiger partial charge in [-0.1, -0.05) is 72.8 Å². The molecule has 57 heavy (non-hydrogen) atoms. The van der Waals surface area contributed by atoms with E-state index in [9.17, 15) is 14.7 Å². The van der Waals surface area contributed by atoms with Gasteiger partial charge in [0.15, 0.2) is 0 Å². The third kappa shape index (κ3) is 12.9. The average molecular weight is 771 g/mol. The van der Waals surface area contributed by atoms with Gasteiger partial charge in [-0.2, -0.15) is 0 Å². The first-order valence-electron chi connectivity index (χ1n) is 18.9. The molecule has 1 saturated carbocycles. The molecule has 294 valence electrons. The van der Waals surface area contributed by atoms with E-state index in [-0.39, 0.29) is 18.4 Å². The summed E-state index contributed by atoms with van der Waals surface area (Å²) in [6.07, 6.45) is 2.00. The lowest BCUT2D eigenvalue weighted by atomic mass is 10.2. The van der Waals surface area contributed by atoms with E-state index in [4.69, 9.17) is 28.1 Å². The number of nitrogens with zero attached hydrogens (tertiary/aromatic N) is 2. The first-order valence-corrected chi connectivity index (χ1v) is 18.9. The molecule has 0 saturated heterocycles. The Hall–Kier alpha value is -6.75. The second-order valence-corrected chi connectivity index (χ2v) is 13.2. The Morgan fingerprint density at radius 3 is 2.05 bits per heavy atom. The van der Waals surface area contributed by atoms with Crippen molar-refractivity contribution in [2.24, 2.45) is 0 Å². The van der Waals surface area contributed by atoms with Gasteiger partial charge in [0.05, 0.1) is 25.0 Å². The van der Waals surface area contributed by atoms with Crippen LogP contribution in [-0.2, 0) is 24.4 Å². The second kappa shape index (κ2) is 20.2. The highest BCUT2D eigenvalue weighted by atomic mass is 16.6. The number of aryl methyl sites for hydroxylation is 1. The molecule has 1 amide bonds. The summed E-state index contributed by atoms with van der Waals surface area (Å²) in [7, 11) is 0. The van der Waals surface area contributed by atoms with Gasteiger partial charge in [-0.05, 0) is 86.3 Å². The van der Waals surface area contributed by atoms with Crippen molar-refractivity contribution in [3.05, 3.63) is 156 Å². The SMILES string of the molecule is CCOc1cccc(OCc2ccccc2)c1.Cc1oc(-c2ccccc2)nc1CCOc1cccc(CN(CC(=O)O)C(=O)Oc2cccc(OC3CC3)c2)c1. The molecule has 0 atom stereocenters. The molecule has 1 heterocycles. The number of oxazole rings is 1. The summed E-state index contributed by atoms with van der Waals surface area (Å²) in [6.45, 7) is 4.98.